The van der Waals surface area contributed by atoms with Crippen molar-refractivity contribution < 1.29 is 19.1 Å². The van der Waals surface area contributed by atoms with Gasteiger partial charge in [0.15, 0.2) is 0 Å². The van der Waals surface area contributed by atoms with Crippen LogP contribution < -0.4 is 5.32 Å². The maximum absolute atomic E-state index is 12.1. The van der Waals surface area contributed by atoms with Crippen molar-refractivity contribution in [1.82, 2.24) is 10.2 Å². The van der Waals surface area contributed by atoms with E-state index >= 15 is 0 Å². The zero-order chi connectivity index (χ0) is 17.3. The summed E-state index contributed by atoms with van der Waals surface area (Å²) in [6, 6.07) is 0. The van der Waals surface area contributed by atoms with E-state index in [0.29, 0.717) is 19.5 Å². The van der Waals surface area contributed by atoms with E-state index in [0.717, 1.165) is 44.9 Å². The van der Waals surface area contributed by atoms with Crippen LogP contribution >= 0.6 is 0 Å². The Labute approximate surface area is 138 Å². The Hall–Kier alpha value is -1.59. The molecule has 0 aromatic carbocycles. The third kappa shape index (κ3) is 8.57. The van der Waals surface area contributed by atoms with E-state index in [9.17, 15) is 14.4 Å². The highest BCUT2D eigenvalue weighted by molar-refractivity contribution is 5.76. The van der Waals surface area contributed by atoms with Gasteiger partial charge in [0.05, 0.1) is 0 Å². The highest BCUT2D eigenvalue weighted by Gasteiger charge is 2.22. The molecule has 0 aromatic rings. The van der Waals surface area contributed by atoms with E-state index in [2.05, 4.69) is 5.32 Å². The lowest BCUT2D eigenvalue weighted by atomic mass is 9.99. The van der Waals surface area contributed by atoms with Gasteiger partial charge in [-0.25, -0.2) is 4.79 Å². The molecule has 132 valence electrons. The Balaban J connectivity index is 2.07. The van der Waals surface area contributed by atoms with Gasteiger partial charge in [-0.2, -0.15) is 0 Å². The first-order chi connectivity index (χ1) is 10.8. The lowest BCUT2D eigenvalue weighted by Crippen LogP contribution is -2.40. The Morgan fingerprint density at radius 1 is 1.26 bits per heavy atom. The van der Waals surface area contributed by atoms with Crippen LogP contribution in [0, 0.1) is 5.92 Å². The molecule has 2 amide bonds. The Morgan fingerprint density at radius 2 is 2.00 bits per heavy atom. The molecule has 1 saturated heterocycles. The van der Waals surface area contributed by atoms with Gasteiger partial charge in [-0.3, -0.25) is 4.79 Å². The summed E-state index contributed by atoms with van der Waals surface area (Å²) in [6.07, 6.45) is 5.38. The number of carbonyl (C=O) groups is 3. The van der Waals surface area contributed by atoms with Gasteiger partial charge < -0.3 is 19.7 Å². The topological polar surface area (TPSA) is 75.7 Å². The van der Waals surface area contributed by atoms with Gasteiger partial charge in [0.2, 0.25) is 5.91 Å². The first kappa shape index (κ1) is 19.5. The van der Waals surface area contributed by atoms with Gasteiger partial charge in [-0.05, 0) is 46.5 Å². The van der Waals surface area contributed by atoms with E-state index in [1.54, 1.807) is 0 Å². The molecule has 0 spiro atoms. The summed E-state index contributed by atoms with van der Waals surface area (Å²) in [4.78, 5) is 36.1. The van der Waals surface area contributed by atoms with Crippen LogP contribution in [0.15, 0.2) is 0 Å². The molecule has 0 bridgehead atoms. The monoisotopic (exact) mass is 326 g/mol. The van der Waals surface area contributed by atoms with Crippen molar-refractivity contribution >= 4 is 18.3 Å². The molecule has 1 atom stereocenters. The zero-order valence-corrected chi connectivity index (χ0v) is 14.6. The number of piperidine rings is 1. The number of rotatable bonds is 7. The minimum atomic E-state index is -0.482. The van der Waals surface area contributed by atoms with Crippen molar-refractivity contribution in [3.8, 4) is 0 Å². The third-order valence-electron chi connectivity index (χ3n) is 3.74. The minimum absolute atomic E-state index is 0.00530. The number of unbranched alkanes of at least 4 members (excludes halogenated alkanes) is 2. The van der Waals surface area contributed by atoms with Crippen LogP contribution in [0.4, 0.5) is 4.79 Å². The number of aldehydes is 1. The van der Waals surface area contributed by atoms with Gasteiger partial charge in [-0.15, -0.1) is 0 Å². The zero-order valence-electron chi connectivity index (χ0n) is 14.6. The number of alkyl carbamates (subject to hydrolysis) is 1. The average Bonchev–Trinajstić information content (AvgIpc) is 2.48. The normalized spacial score (nSPS) is 18.4. The fourth-order valence-electron chi connectivity index (χ4n) is 2.59. The van der Waals surface area contributed by atoms with E-state index in [1.165, 1.54) is 0 Å². The van der Waals surface area contributed by atoms with E-state index in [4.69, 9.17) is 4.74 Å². The number of ether oxygens (including phenoxy) is 1. The SMILES string of the molecule is CC(C)(C)OC(=O)NCCCCCC(=O)N1CCCC(C=O)C1. The molecule has 1 aliphatic rings. The summed E-state index contributed by atoms with van der Waals surface area (Å²) < 4.78 is 5.14. The molecule has 6 heteroatoms. The van der Waals surface area contributed by atoms with Gasteiger partial charge in [0.1, 0.15) is 11.9 Å². The summed E-state index contributed by atoms with van der Waals surface area (Å²) in [5.41, 5.74) is -0.482. The molecule has 0 aliphatic carbocycles. The van der Waals surface area contributed by atoms with Crippen molar-refractivity contribution in [2.75, 3.05) is 19.6 Å². The number of amides is 2. The summed E-state index contributed by atoms with van der Waals surface area (Å²) in [5.74, 6) is 0.141. The van der Waals surface area contributed by atoms with E-state index in [-0.39, 0.29) is 11.8 Å². The summed E-state index contributed by atoms with van der Waals surface area (Å²) in [5, 5.41) is 2.71. The minimum Gasteiger partial charge on any atom is -0.444 e. The highest BCUT2D eigenvalue weighted by atomic mass is 16.6. The molecule has 0 radical (unpaired) electrons. The predicted octanol–water partition coefficient (Wildman–Crippen LogP) is 2.51. The number of carbonyl (C=O) groups excluding carboxylic acids is 3. The molecule has 23 heavy (non-hydrogen) atoms. The summed E-state index contributed by atoms with van der Waals surface area (Å²) in [7, 11) is 0. The average molecular weight is 326 g/mol. The van der Waals surface area contributed by atoms with Gasteiger partial charge in [0.25, 0.3) is 0 Å². The fourth-order valence-corrected chi connectivity index (χ4v) is 2.59. The third-order valence-corrected chi connectivity index (χ3v) is 3.74. The van der Waals surface area contributed by atoms with Crippen LogP contribution in [-0.4, -0.2) is 48.4 Å². The molecule has 1 unspecified atom stereocenters. The first-order valence-electron chi connectivity index (χ1n) is 8.52. The standard InChI is InChI=1S/C17H30N2O4/c1-17(2,3)23-16(22)18-10-6-4-5-9-15(21)19-11-7-8-14(12-19)13-20/h13-14H,4-12H2,1-3H3,(H,18,22). The van der Waals surface area contributed by atoms with E-state index in [1.807, 2.05) is 25.7 Å². The van der Waals surface area contributed by atoms with Crippen LogP contribution in [0.1, 0.15) is 59.3 Å². The van der Waals surface area contributed by atoms with Crippen molar-refractivity contribution in [3.05, 3.63) is 0 Å². The molecule has 0 aromatic heterocycles. The Morgan fingerprint density at radius 3 is 2.65 bits per heavy atom. The second-order valence-electron chi connectivity index (χ2n) is 7.12. The second kappa shape index (κ2) is 9.53. The molecule has 6 nitrogen and oxygen atoms in total. The van der Waals surface area contributed by atoms with Crippen LogP contribution in [0.25, 0.3) is 0 Å². The molecule has 1 aliphatic heterocycles. The second-order valence-corrected chi connectivity index (χ2v) is 7.12. The van der Waals surface area contributed by atoms with Crippen molar-refractivity contribution in [1.29, 1.82) is 0 Å². The number of nitrogens with one attached hydrogen (secondary N) is 1. The van der Waals surface area contributed by atoms with Crippen molar-refractivity contribution in [2.45, 2.75) is 64.9 Å². The lowest BCUT2D eigenvalue weighted by Gasteiger charge is -2.30. The van der Waals surface area contributed by atoms with Crippen LogP contribution in [0.5, 0.6) is 0 Å². The van der Waals surface area contributed by atoms with Crippen LogP contribution in [-0.2, 0) is 14.3 Å². The van der Waals surface area contributed by atoms with Crippen LogP contribution in [0.3, 0.4) is 0 Å². The van der Waals surface area contributed by atoms with Gasteiger partial charge >= 0.3 is 6.09 Å². The predicted molar refractivity (Wildman–Crippen MR) is 88.1 cm³/mol. The molecule has 1 rings (SSSR count). The van der Waals surface area contributed by atoms with E-state index < -0.39 is 11.7 Å². The number of hydrogen-bond donors (Lipinski definition) is 1. The maximum atomic E-state index is 12.1. The molecular formula is C17H30N2O4. The summed E-state index contributed by atoms with van der Waals surface area (Å²) in [6.45, 7) is 7.38. The fraction of sp³-hybridized carbons (Fsp3) is 0.824. The maximum Gasteiger partial charge on any atom is 0.407 e. The van der Waals surface area contributed by atoms with Crippen molar-refractivity contribution in [3.63, 3.8) is 0 Å². The van der Waals surface area contributed by atoms with Crippen LogP contribution in [0.2, 0.25) is 0 Å². The van der Waals surface area contributed by atoms with Crippen molar-refractivity contribution in [2.24, 2.45) is 5.92 Å². The lowest BCUT2D eigenvalue weighted by molar-refractivity contribution is -0.133. The van der Waals surface area contributed by atoms with Gasteiger partial charge in [-0.1, -0.05) is 6.42 Å². The largest absolute Gasteiger partial charge is 0.444 e. The summed E-state index contributed by atoms with van der Waals surface area (Å²) >= 11 is 0. The number of hydrogen-bond acceptors (Lipinski definition) is 4. The Bertz CT molecular complexity index is 404. The molecule has 1 fully saturated rings. The first-order valence-corrected chi connectivity index (χ1v) is 8.52. The molecule has 1 N–H and O–H groups in total. The molecular weight excluding hydrogens is 296 g/mol. The molecule has 1 heterocycles. The Kier molecular flexibility index (Phi) is 8.06. The number of likely N-dealkylation sites (tertiary alicyclic amines) is 1. The highest BCUT2D eigenvalue weighted by Crippen LogP contribution is 2.16. The smallest absolute Gasteiger partial charge is 0.407 e. The quantitative estimate of drug-likeness (QED) is 0.576. The molecule has 0 saturated carbocycles. The van der Waals surface area contributed by atoms with Gasteiger partial charge in [0, 0.05) is 32.0 Å². The number of nitrogens with zero attached hydrogens (tertiary/aromatic N) is 1.